The average molecular weight is 117 g/mol. The first-order chi connectivity index (χ1) is 3.66. The molecule has 4 N–H and O–H groups in total. The van der Waals surface area contributed by atoms with E-state index in [0.717, 1.165) is 0 Å². The third kappa shape index (κ3) is 3.42. The van der Waals surface area contributed by atoms with Crippen LogP contribution in [0.4, 0.5) is 4.79 Å². The van der Waals surface area contributed by atoms with E-state index in [1.54, 1.807) is 6.92 Å². The van der Waals surface area contributed by atoms with Gasteiger partial charge in [0, 0.05) is 7.05 Å². The van der Waals surface area contributed by atoms with Crippen LogP contribution in [0.5, 0.6) is 0 Å². The second-order valence-corrected chi connectivity index (χ2v) is 1.51. The van der Waals surface area contributed by atoms with Crippen molar-refractivity contribution < 1.29 is 4.79 Å². The molecule has 0 aliphatic carbocycles. The number of hydrogen-bond acceptors (Lipinski definition) is 2. The molecule has 0 aliphatic rings. The number of nitrogens with two attached hydrogens (primary N) is 1. The summed E-state index contributed by atoms with van der Waals surface area (Å²) < 4.78 is 0. The van der Waals surface area contributed by atoms with Crippen LogP contribution in [0, 0.1) is 0 Å². The molecule has 0 aromatic carbocycles. The van der Waals surface area contributed by atoms with Crippen LogP contribution in [-0.2, 0) is 0 Å². The molecule has 0 bridgehead atoms. The van der Waals surface area contributed by atoms with Crippen LogP contribution in [0.25, 0.3) is 0 Å². The normalized spacial score (nSPS) is 12.4. The van der Waals surface area contributed by atoms with Crippen LogP contribution in [0.1, 0.15) is 6.92 Å². The molecule has 0 spiro atoms. The Morgan fingerprint density at radius 2 is 2.25 bits per heavy atom. The van der Waals surface area contributed by atoms with Gasteiger partial charge in [0.1, 0.15) is 0 Å². The van der Waals surface area contributed by atoms with Crippen molar-refractivity contribution in [2.24, 2.45) is 5.73 Å². The largest absolute Gasteiger partial charge is 0.341 e. The minimum Gasteiger partial charge on any atom is -0.341 e. The maximum atomic E-state index is 10.3. The lowest BCUT2D eigenvalue weighted by atomic mass is 10.6. The zero-order chi connectivity index (χ0) is 6.57. The molecule has 48 valence electrons. The van der Waals surface area contributed by atoms with Crippen molar-refractivity contribution in [1.82, 2.24) is 10.6 Å². The van der Waals surface area contributed by atoms with E-state index in [1.165, 1.54) is 7.05 Å². The van der Waals surface area contributed by atoms with E-state index < -0.39 is 0 Å². The third-order valence-corrected chi connectivity index (χ3v) is 0.586. The predicted molar refractivity (Wildman–Crippen MR) is 31.2 cm³/mol. The molecule has 0 saturated heterocycles. The highest BCUT2D eigenvalue weighted by Gasteiger charge is 1.95. The van der Waals surface area contributed by atoms with Crippen molar-refractivity contribution in [2.45, 2.75) is 13.1 Å². The van der Waals surface area contributed by atoms with Gasteiger partial charge in [0.25, 0.3) is 0 Å². The Balaban J connectivity index is 3.25. The van der Waals surface area contributed by atoms with E-state index in [4.69, 9.17) is 5.73 Å². The highest BCUT2D eigenvalue weighted by Crippen LogP contribution is 1.64. The quantitative estimate of drug-likeness (QED) is 0.394. The molecule has 4 heteroatoms. The van der Waals surface area contributed by atoms with E-state index in [9.17, 15) is 4.79 Å². The van der Waals surface area contributed by atoms with Gasteiger partial charge in [0.05, 0.1) is 6.17 Å². The van der Waals surface area contributed by atoms with E-state index in [-0.39, 0.29) is 12.2 Å². The molecule has 0 radical (unpaired) electrons. The Kier molecular flexibility index (Phi) is 2.95. The molecule has 0 heterocycles. The number of urea groups is 1. The second-order valence-electron chi connectivity index (χ2n) is 1.51. The average Bonchev–Trinajstić information content (AvgIpc) is 1.65. The topological polar surface area (TPSA) is 67.2 Å². The zero-order valence-electron chi connectivity index (χ0n) is 5.06. The van der Waals surface area contributed by atoms with Gasteiger partial charge in [-0.1, -0.05) is 0 Å². The van der Waals surface area contributed by atoms with Crippen molar-refractivity contribution in [2.75, 3.05) is 7.05 Å². The Hall–Kier alpha value is -0.770. The predicted octanol–water partition coefficient (Wildman–Crippen LogP) is -0.780. The molecule has 0 aliphatic heterocycles. The number of carbonyl (C=O) groups is 1. The standard InChI is InChI=1S/C4H11N3O/c1-3(5)7-4(8)6-2/h3H,5H2,1-2H3,(H2,6,7,8). The summed E-state index contributed by atoms with van der Waals surface area (Å²) in [5, 5.41) is 4.79. The SMILES string of the molecule is CNC(=O)NC(C)N. The molecule has 0 saturated carbocycles. The molecule has 8 heavy (non-hydrogen) atoms. The fraction of sp³-hybridized carbons (Fsp3) is 0.750. The van der Waals surface area contributed by atoms with Crippen molar-refractivity contribution in [1.29, 1.82) is 0 Å². The molecule has 1 atom stereocenters. The van der Waals surface area contributed by atoms with Gasteiger partial charge < -0.3 is 16.4 Å². The fourth-order valence-corrected chi connectivity index (χ4v) is 0.279. The van der Waals surface area contributed by atoms with Crippen LogP contribution in [0.2, 0.25) is 0 Å². The first-order valence-corrected chi connectivity index (χ1v) is 2.40. The van der Waals surface area contributed by atoms with Crippen LogP contribution in [0.15, 0.2) is 0 Å². The molecular formula is C4H11N3O. The highest BCUT2D eigenvalue weighted by molar-refractivity contribution is 5.73. The van der Waals surface area contributed by atoms with E-state index in [2.05, 4.69) is 10.6 Å². The van der Waals surface area contributed by atoms with E-state index in [1.807, 2.05) is 0 Å². The van der Waals surface area contributed by atoms with Gasteiger partial charge >= 0.3 is 6.03 Å². The van der Waals surface area contributed by atoms with Crippen LogP contribution < -0.4 is 16.4 Å². The molecule has 0 fully saturated rings. The second kappa shape index (κ2) is 3.26. The Morgan fingerprint density at radius 1 is 1.75 bits per heavy atom. The lowest BCUT2D eigenvalue weighted by Gasteiger charge is -2.05. The summed E-state index contributed by atoms with van der Waals surface area (Å²) in [6.45, 7) is 1.69. The third-order valence-electron chi connectivity index (χ3n) is 0.586. The number of rotatable bonds is 1. The van der Waals surface area contributed by atoms with Gasteiger partial charge in [0.15, 0.2) is 0 Å². The van der Waals surface area contributed by atoms with Gasteiger partial charge in [0.2, 0.25) is 0 Å². The molecule has 2 amide bonds. The highest BCUT2D eigenvalue weighted by atomic mass is 16.2. The molecule has 0 aromatic rings. The van der Waals surface area contributed by atoms with Gasteiger partial charge in [-0.05, 0) is 6.92 Å². The Bertz CT molecular complexity index is 81.4. The molecule has 4 nitrogen and oxygen atoms in total. The summed E-state index contributed by atoms with van der Waals surface area (Å²) in [7, 11) is 1.54. The summed E-state index contributed by atoms with van der Waals surface area (Å²) in [5.74, 6) is 0. The van der Waals surface area contributed by atoms with Crippen molar-refractivity contribution in [3.05, 3.63) is 0 Å². The molecule has 1 unspecified atom stereocenters. The van der Waals surface area contributed by atoms with Crippen LogP contribution in [0.3, 0.4) is 0 Å². The summed E-state index contributed by atoms with van der Waals surface area (Å²) in [5.41, 5.74) is 5.20. The monoisotopic (exact) mass is 117 g/mol. The first-order valence-electron chi connectivity index (χ1n) is 2.40. The minimum absolute atomic E-state index is 0.250. The van der Waals surface area contributed by atoms with Crippen LogP contribution >= 0.6 is 0 Å². The van der Waals surface area contributed by atoms with Crippen molar-refractivity contribution in [3.8, 4) is 0 Å². The number of nitrogens with one attached hydrogen (secondary N) is 2. The zero-order valence-corrected chi connectivity index (χ0v) is 5.06. The van der Waals surface area contributed by atoms with Gasteiger partial charge in [-0.3, -0.25) is 0 Å². The minimum atomic E-state index is -0.282. The van der Waals surface area contributed by atoms with E-state index >= 15 is 0 Å². The lowest BCUT2D eigenvalue weighted by molar-refractivity contribution is 0.240. The first kappa shape index (κ1) is 7.23. The molecule has 0 aromatic heterocycles. The van der Waals surface area contributed by atoms with Crippen molar-refractivity contribution >= 4 is 6.03 Å². The lowest BCUT2D eigenvalue weighted by Crippen LogP contribution is -2.43. The summed E-state index contributed by atoms with van der Waals surface area (Å²) in [6.07, 6.45) is -0.282. The van der Waals surface area contributed by atoms with Crippen molar-refractivity contribution in [3.63, 3.8) is 0 Å². The summed E-state index contributed by atoms with van der Waals surface area (Å²) in [4.78, 5) is 10.3. The fourth-order valence-electron chi connectivity index (χ4n) is 0.279. The maximum absolute atomic E-state index is 10.3. The summed E-state index contributed by atoms with van der Waals surface area (Å²) >= 11 is 0. The van der Waals surface area contributed by atoms with Gasteiger partial charge in [-0.15, -0.1) is 0 Å². The number of hydrogen-bond donors (Lipinski definition) is 3. The van der Waals surface area contributed by atoms with Gasteiger partial charge in [-0.25, -0.2) is 4.79 Å². The Labute approximate surface area is 48.4 Å². The number of carbonyl (C=O) groups excluding carboxylic acids is 1. The smallest absolute Gasteiger partial charge is 0.315 e. The van der Waals surface area contributed by atoms with Crippen LogP contribution in [-0.4, -0.2) is 19.2 Å². The molecule has 0 rings (SSSR count). The van der Waals surface area contributed by atoms with Gasteiger partial charge in [-0.2, -0.15) is 0 Å². The number of amides is 2. The van der Waals surface area contributed by atoms with E-state index in [0.29, 0.717) is 0 Å². The molecular weight excluding hydrogens is 106 g/mol. The summed E-state index contributed by atoms with van der Waals surface area (Å²) in [6, 6.07) is -0.250. The maximum Gasteiger partial charge on any atom is 0.315 e. The Morgan fingerprint density at radius 3 is 2.38 bits per heavy atom.